The van der Waals surface area contributed by atoms with Gasteiger partial charge < -0.3 is 29.0 Å². The summed E-state index contributed by atoms with van der Waals surface area (Å²) in [6.45, 7) is 3.52. The predicted octanol–water partition coefficient (Wildman–Crippen LogP) is 4.84. The van der Waals surface area contributed by atoms with Crippen LogP contribution in [0.4, 0.5) is 10.5 Å². The second-order valence-electron chi connectivity index (χ2n) is 8.93. The number of carbonyl (C=O) groups is 2. The van der Waals surface area contributed by atoms with Crippen LogP contribution in [0.1, 0.15) is 29.9 Å². The van der Waals surface area contributed by atoms with Gasteiger partial charge in [0, 0.05) is 31.5 Å². The van der Waals surface area contributed by atoms with Gasteiger partial charge >= 0.3 is 6.03 Å². The first-order valence-electron chi connectivity index (χ1n) is 12.2. The summed E-state index contributed by atoms with van der Waals surface area (Å²) >= 11 is 0. The van der Waals surface area contributed by atoms with Gasteiger partial charge in [0.25, 0.3) is 0 Å². The molecule has 1 saturated heterocycles. The Morgan fingerprint density at radius 2 is 1.86 bits per heavy atom. The highest BCUT2D eigenvalue weighted by Crippen LogP contribution is 2.19. The maximum atomic E-state index is 13.6. The van der Waals surface area contributed by atoms with Crippen LogP contribution in [0, 0.1) is 6.92 Å². The third-order valence-corrected chi connectivity index (χ3v) is 6.09. The van der Waals surface area contributed by atoms with Crippen molar-refractivity contribution < 1.29 is 23.5 Å². The summed E-state index contributed by atoms with van der Waals surface area (Å²) in [6.07, 6.45) is 1.71. The standard InChI is InChI=1S/C28H33N3O5/c1-21-13-14-26(36-21)19-30(17-22-8-4-3-5-9-22)27(32)20-31(18-25-12-7-15-35-25)28(33)29-23-10-6-11-24(16-23)34-2/h3-6,8-11,13-14,16,25H,7,12,15,17-20H2,1-2H3,(H,29,33). The lowest BCUT2D eigenvalue weighted by Crippen LogP contribution is -2.46. The number of ether oxygens (including phenoxy) is 2. The molecule has 0 saturated carbocycles. The van der Waals surface area contributed by atoms with Crippen molar-refractivity contribution in [3.05, 3.63) is 83.8 Å². The normalized spacial score (nSPS) is 14.9. The molecule has 2 aromatic carbocycles. The first-order chi connectivity index (χ1) is 17.5. The van der Waals surface area contributed by atoms with E-state index in [0.717, 1.165) is 24.2 Å². The first-order valence-corrected chi connectivity index (χ1v) is 12.2. The Balaban J connectivity index is 1.51. The number of benzene rings is 2. The molecule has 0 aliphatic carbocycles. The molecule has 1 fully saturated rings. The van der Waals surface area contributed by atoms with E-state index in [0.29, 0.717) is 43.4 Å². The Morgan fingerprint density at radius 1 is 1.03 bits per heavy atom. The van der Waals surface area contributed by atoms with Crippen molar-refractivity contribution in [1.82, 2.24) is 9.80 Å². The van der Waals surface area contributed by atoms with Crippen LogP contribution in [0.2, 0.25) is 0 Å². The number of anilines is 1. The van der Waals surface area contributed by atoms with Crippen LogP contribution in [0.3, 0.4) is 0 Å². The first kappa shape index (κ1) is 25.3. The van der Waals surface area contributed by atoms with E-state index in [4.69, 9.17) is 13.9 Å². The molecular weight excluding hydrogens is 458 g/mol. The Bertz CT molecular complexity index is 1140. The highest BCUT2D eigenvalue weighted by Gasteiger charge is 2.27. The van der Waals surface area contributed by atoms with Crippen LogP contribution in [0.15, 0.2) is 71.1 Å². The molecule has 1 unspecified atom stereocenters. The number of rotatable bonds is 10. The van der Waals surface area contributed by atoms with Crippen molar-refractivity contribution in [3.63, 3.8) is 0 Å². The van der Waals surface area contributed by atoms with Crippen LogP contribution >= 0.6 is 0 Å². The smallest absolute Gasteiger partial charge is 0.322 e. The molecule has 0 bridgehead atoms. The fourth-order valence-electron chi connectivity index (χ4n) is 4.21. The van der Waals surface area contributed by atoms with E-state index < -0.39 is 0 Å². The number of aryl methyl sites for hydroxylation is 1. The van der Waals surface area contributed by atoms with Gasteiger partial charge in [-0.05, 0) is 49.6 Å². The number of nitrogens with zero attached hydrogens (tertiary/aromatic N) is 2. The molecule has 3 amide bonds. The van der Waals surface area contributed by atoms with Crippen LogP contribution < -0.4 is 10.1 Å². The highest BCUT2D eigenvalue weighted by molar-refractivity contribution is 5.92. The number of hydrogen-bond acceptors (Lipinski definition) is 5. The van der Waals surface area contributed by atoms with Crippen molar-refractivity contribution in [2.24, 2.45) is 0 Å². The van der Waals surface area contributed by atoms with Gasteiger partial charge in [0.2, 0.25) is 5.91 Å². The number of carbonyl (C=O) groups excluding carboxylic acids is 2. The monoisotopic (exact) mass is 491 g/mol. The van der Waals surface area contributed by atoms with Crippen molar-refractivity contribution in [2.75, 3.05) is 32.1 Å². The van der Waals surface area contributed by atoms with E-state index in [2.05, 4.69) is 5.32 Å². The average molecular weight is 492 g/mol. The number of methoxy groups -OCH3 is 1. The summed E-state index contributed by atoms with van der Waals surface area (Å²) in [7, 11) is 1.57. The van der Waals surface area contributed by atoms with Crippen LogP contribution in [0.25, 0.3) is 0 Å². The molecule has 2 heterocycles. The zero-order valence-electron chi connectivity index (χ0n) is 20.8. The van der Waals surface area contributed by atoms with Gasteiger partial charge in [-0.3, -0.25) is 4.79 Å². The van der Waals surface area contributed by atoms with Gasteiger partial charge in [0.1, 0.15) is 23.8 Å². The number of nitrogens with one attached hydrogen (secondary N) is 1. The Hall–Kier alpha value is -3.78. The van der Waals surface area contributed by atoms with Crippen molar-refractivity contribution in [3.8, 4) is 5.75 Å². The maximum Gasteiger partial charge on any atom is 0.322 e. The summed E-state index contributed by atoms with van der Waals surface area (Å²) in [4.78, 5) is 30.2. The van der Waals surface area contributed by atoms with E-state index in [1.54, 1.807) is 36.3 Å². The molecule has 1 aliphatic rings. The van der Waals surface area contributed by atoms with Gasteiger partial charge in [0.15, 0.2) is 0 Å². The minimum absolute atomic E-state index is 0.0812. The third kappa shape index (κ3) is 7.11. The van der Waals surface area contributed by atoms with Crippen LogP contribution in [0.5, 0.6) is 5.75 Å². The molecule has 4 rings (SSSR count). The van der Waals surface area contributed by atoms with Gasteiger partial charge in [-0.2, -0.15) is 0 Å². The number of hydrogen-bond donors (Lipinski definition) is 1. The second-order valence-corrected chi connectivity index (χ2v) is 8.93. The Morgan fingerprint density at radius 3 is 2.56 bits per heavy atom. The highest BCUT2D eigenvalue weighted by atomic mass is 16.5. The topological polar surface area (TPSA) is 84.3 Å². The Kier molecular flexibility index (Phi) is 8.62. The fraction of sp³-hybridized carbons (Fsp3) is 0.357. The molecule has 1 atom stereocenters. The van der Waals surface area contributed by atoms with Crippen molar-refractivity contribution >= 4 is 17.6 Å². The summed E-state index contributed by atoms with van der Waals surface area (Å²) < 4.78 is 16.8. The molecule has 8 heteroatoms. The third-order valence-electron chi connectivity index (χ3n) is 6.09. The lowest BCUT2D eigenvalue weighted by molar-refractivity contribution is -0.133. The zero-order valence-corrected chi connectivity index (χ0v) is 20.8. The molecule has 8 nitrogen and oxygen atoms in total. The van der Waals surface area contributed by atoms with Crippen molar-refractivity contribution in [2.45, 2.75) is 39.0 Å². The molecule has 1 N–H and O–H groups in total. The van der Waals surface area contributed by atoms with Crippen LogP contribution in [-0.4, -0.2) is 54.6 Å². The lowest BCUT2D eigenvalue weighted by Gasteiger charge is -2.29. The predicted molar refractivity (Wildman–Crippen MR) is 137 cm³/mol. The Labute approximate surface area is 211 Å². The summed E-state index contributed by atoms with van der Waals surface area (Å²) in [5.41, 5.74) is 1.59. The fourth-order valence-corrected chi connectivity index (χ4v) is 4.21. The minimum Gasteiger partial charge on any atom is -0.497 e. The molecule has 36 heavy (non-hydrogen) atoms. The van der Waals surface area contributed by atoms with E-state index >= 15 is 0 Å². The van der Waals surface area contributed by atoms with Gasteiger partial charge in [-0.1, -0.05) is 36.4 Å². The lowest BCUT2D eigenvalue weighted by atomic mass is 10.2. The zero-order chi connectivity index (χ0) is 25.3. The number of furan rings is 1. The molecule has 3 aromatic rings. The largest absolute Gasteiger partial charge is 0.497 e. The SMILES string of the molecule is COc1cccc(NC(=O)N(CC(=O)N(Cc2ccccc2)Cc2ccc(C)o2)CC2CCCO2)c1. The van der Waals surface area contributed by atoms with Gasteiger partial charge in [-0.15, -0.1) is 0 Å². The van der Waals surface area contributed by atoms with Gasteiger partial charge in [0.05, 0.1) is 19.8 Å². The second kappa shape index (κ2) is 12.3. The van der Waals surface area contributed by atoms with Crippen LogP contribution in [-0.2, 0) is 22.6 Å². The van der Waals surface area contributed by atoms with E-state index in [9.17, 15) is 9.59 Å². The van der Waals surface area contributed by atoms with E-state index in [1.807, 2.05) is 49.4 Å². The molecule has 190 valence electrons. The number of amides is 3. The summed E-state index contributed by atoms with van der Waals surface area (Å²) in [5.74, 6) is 1.95. The van der Waals surface area contributed by atoms with E-state index in [-0.39, 0.29) is 24.6 Å². The molecular formula is C28H33N3O5. The molecule has 0 radical (unpaired) electrons. The molecule has 1 aromatic heterocycles. The quantitative estimate of drug-likeness (QED) is 0.439. The summed E-state index contributed by atoms with van der Waals surface area (Å²) in [5, 5.41) is 2.90. The minimum atomic E-state index is -0.361. The van der Waals surface area contributed by atoms with Crippen molar-refractivity contribution in [1.29, 1.82) is 0 Å². The maximum absolute atomic E-state index is 13.6. The van der Waals surface area contributed by atoms with Gasteiger partial charge in [-0.25, -0.2) is 4.79 Å². The van der Waals surface area contributed by atoms with E-state index in [1.165, 1.54) is 4.90 Å². The molecule has 1 aliphatic heterocycles. The summed E-state index contributed by atoms with van der Waals surface area (Å²) in [6, 6.07) is 20.3. The molecule has 0 spiro atoms. The average Bonchev–Trinajstić information content (AvgIpc) is 3.55. The number of urea groups is 1.